The Kier molecular flexibility index (Phi) is 8.34. The van der Waals surface area contributed by atoms with Crippen molar-refractivity contribution in [1.82, 2.24) is 19.9 Å². The molecule has 0 amide bonds. The molecular weight excluding hydrogens is 516 g/mol. The summed E-state index contributed by atoms with van der Waals surface area (Å²) in [5.41, 5.74) is 2.14. The molecule has 5 rings (SSSR count). The molecule has 2 aliphatic rings. The van der Waals surface area contributed by atoms with Crippen molar-refractivity contribution < 1.29 is 20.1 Å². The van der Waals surface area contributed by atoms with E-state index in [9.17, 15) is 15.3 Å². The SMILES string of the molecule is CCC(O)(CC)[C@H]1C[C@@H](Nc2nc(NCC3CCCCO3)nc(C)c2-c2nc3c(C)nccc3s2)[C@H](O)[C@@H]1O. The van der Waals surface area contributed by atoms with Crippen LogP contribution in [0.5, 0.6) is 0 Å². The first-order valence-electron chi connectivity index (χ1n) is 14.1. The van der Waals surface area contributed by atoms with E-state index in [1.807, 2.05) is 33.8 Å². The molecule has 3 aromatic rings. The Balaban J connectivity index is 1.49. The number of ether oxygens (including phenoxy) is 1. The molecule has 5 atom stereocenters. The quantitative estimate of drug-likeness (QED) is 0.264. The van der Waals surface area contributed by atoms with Crippen molar-refractivity contribution in [2.45, 2.75) is 96.2 Å². The van der Waals surface area contributed by atoms with Crippen LogP contribution in [0.2, 0.25) is 0 Å². The van der Waals surface area contributed by atoms with Gasteiger partial charge in [-0.25, -0.2) is 9.97 Å². The van der Waals surface area contributed by atoms with E-state index in [0.29, 0.717) is 37.6 Å². The van der Waals surface area contributed by atoms with Crippen LogP contribution in [-0.2, 0) is 4.74 Å². The van der Waals surface area contributed by atoms with Gasteiger partial charge in [0.1, 0.15) is 22.4 Å². The molecule has 0 spiro atoms. The summed E-state index contributed by atoms with van der Waals surface area (Å²) in [4.78, 5) is 18.9. The predicted molar refractivity (Wildman–Crippen MR) is 153 cm³/mol. The van der Waals surface area contributed by atoms with Gasteiger partial charge in [-0.3, -0.25) is 4.98 Å². The lowest BCUT2D eigenvalue weighted by molar-refractivity contribution is -0.0843. The zero-order chi connectivity index (χ0) is 27.7. The maximum atomic E-state index is 11.2. The van der Waals surface area contributed by atoms with E-state index in [1.54, 1.807) is 17.5 Å². The van der Waals surface area contributed by atoms with Gasteiger partial charge < -0.3 is 30.7 Å². The molecule has 3 aromatic heterocycles. The molecule has 5 N–H and O–H groups in total. The summed E-state index contributed by atoms with van der Waals surface area (Å²) in [5.74, 6) is 0.548. The largest absolute Gasteiger partial charge is 0.390 e. The van der Waals surface area contributed by atoms with Gasteiger partial charge in [0.15, 0.2) is 0 Å². The van der Waals surface area contributed by atoms with Crippen molar-refractivity contribution in [3.63, 3.8) is 0 Å². The molecule has 1 aliphatic carbocycles. The highest BCUT2D eigenvalue weighted by Gasteiger charge is 2.50. The van der Waals surface area contributed by atoms with Crippen LogP contribution in [0.4, 0.5) is 11.8 Å². The second kappa shape index (κ2) is 11.6. The standard InChI is InChI=1S/C28H40N6O4S/c1-5-28(37,6-2)18-13-19(24(36)23(18)35)32-25-21(26-33-22-16(4)29-11-10-20(22)39-26)15(3)31-27(34-25)30-14-17-9-7-8-12-38-17/h10-11,17-19,23-24,35-37H,5-9,12-14H2,1-4H3,(H2,30,31,32,34)/t17?,18-,19+,23+,24-/m0/s1. The predicted octanol–water partition coefficient (Wildman–Crippen LogP) is 3.82. The fourth-order valence-electron chi connectivity index (χ4n) is 5.93. The molecule has 4 heterocycles. The number of thiazole rings is 1. The number of fused-ring (bicyclic) bond motifs is 1. The van der Waals surface area contributed by atoms with Crippen molar-refractivity contribution in [1.29, 1.82) is 0 Å². The lowest BCUT2D eigenvalue weighted by atomic mass is 9.80. The minimum absolute atomic E-state index is 0.117. The topological polar surface area (TPSA) is 146 Å². The lowest BCUT2D eigenvalue weighted by Crippen LogP contribution is -2.43. The molecule has 11 heteroatoms. The minimum atomic E-state index is -1.06. The third-order valence-corrected chi connectivity index (χ3v) is 9.51. The van der Waals surface area contributed by atoms with Crippen LogP contribution in [0.15, 0.2) is 12.3 Å². The average Bonchev–Trinajstić information content (AvgIpc) is 3.50. The third-order valence-electron chi connectivity index (χ3n) is 8.47. The second-order valence-corrected chi connectivity index (χ2v) is 11.9. The lowest BCUT2D eigenvalue weighted by Gasteiger charge is -2.34. The van der Waals surface area contributed by atoms with Gasteiger partial charge in [-0.05, 0) is 58.4 Å². The Morgan fingerprint density at radius 3 is 2.56 bits per heavy atom. The minimum Gasteiger partial charge on any atom is -0.390 e. The molecule has 39 heavy (non-hydrogen) atoms. The van der Waals surface area contributed by atoms with E-state index in [1.165, 1.54) is 0 Å². The summed E-state index contributed by atoms with van der Waals surface area (Å²) in [5, 5.41) is 40.7. The number of aryl methyl sites for hydroxylation is 2. The first kappa shape index (κ1) is 28.1. The van der Waals surface area contributed by atoms with E-state index in [2.05, 4.69) is 15.6 Å². The molecule has 10 nitrogen and oxygen atoms in total. The number of rotatable bonds is 9. The molecular formula is C28H40N6O4S. The number of aliphatic hydroxyl groups excluding tert-OH is 2. The van der Waals surface area contributed by atoms with E-state index in [-0.39, 0.29) is 6.10 Å². The Morgan fingerprint density at radius 1 is 1.08 bits per heavy atom. The van der Waals surface area contributed by atoms with E-state index in [4.69, 9.17) is 19.7 Å². The highest BCUT2D eigenvalue weighted by molar-refractivity contribution is 7.21. The molecule has 0 radical (unpaired) electrons. The van der Waals surface area contributed by atoms with Gasteiger partial charge in [0.2, 0.25) is 5.95 Å². The van der Waals surface area contributed by atoms with Crippen LogP contribution in [-0.4, -0.2) is 78.4 Å². The van der Waals surface area contributed by atoms with Crippen molar-refractivity contribution in [2.24, 2.45) is 5.92 Å². The number of nitrogens with one attached hydrogen (secondary N) is 2. The highest BCUT2D eigenvalue weighted by Crippen LogP contribution is 2.42. The first-order valence-corrected chi connectivity index (χ1v) is 14.9. The summed E-state index contributed by atoms with van der Waals surface area (Å²) in [7, 11) is 0. The molecule has 1 aliphatic heterocycles. The van der Waals surface area contributed by atoms with Crippen LogP contribution >= 0.6 is 11.3 Å². The highest BCUT2D eigenvalue weighted by atomic mass is 32.1. The molecule has 1 unspecified atom stereocenters. The van der Waals surface area contributed by atoms with Gasteiger partial charge in [0.05, 0.1) is 45.5 Å². The van der Waals surface area contributed by atoms with Crippen molar-refractivity contribution in [3.8, 4) is 10.6 Å². The normalized spacial score (nSPS) is 25.8. The van der Waals surface area contributed by atoms with Gasteiger partial charge in [-0.1, -0.05) is 13.8 Å². The van der Waals surface area contributed by atoms with Crippen molar-refractivity contribution in [2.75, 3.05) is 23.8 Å². The van der Waals surface area contributed by atoms with Crippen LogP contribution in [0, 0.1) is 19.8 Å². The maximum absolute atomic E-state index is 11.2. The van der Waals surface area contributed by atoms with E-state index >= 15 is 0 Å². The number of nitrogens with zero attached hydrogens (tertiary/aromatic N) is 4. The third kappa shape index (κ3) is 5.60. The van der Waals surface area contributed by atoms with Gasteiger partial charge >= 0.3 is 0 Å². The van der Waals surface area contributed by atoms with Gasteiger partial charge in [-0.15, -0.1) is 11.3 Å². The Labute approximate surface area is 233 Å². The number of aliphatic hydroxyl groups is 3. The number of hydrogen-bond acceptors (Lipinski definition) is 11. The van der Waals surface area contributed by atoms with Crippen molar-refractivity contribution >= 4 is 33.3 Å². The molecule has 2 fully saturated rings. The summed E-state index contributed by atoms with van der Waals surface area (Å²) in [6.07, 6.45) is 4.44. The summed E-state index contributed by atoms with van der Waals surface area (Å²) in [6.45, 7) is 9.07. The zero-order valence-corrected chi connectivity index (χ0v) is 24.0. The zero-order valence-electron chi connectivity index (χ0n) is 23.1. The summed E-state index contributed by atoms with van der Waals surface area (Å²) < 4.78 is 6.88. The molecule has 1 saturated heterocycles. The van der Waals surface area contributed by atoms with E-state index < -0.39 is 29.8 Å². The van der Waals surface area contributed by atoms with Gasteiger partial charge in [0.25, 0.3) is 0 Å². The number of aromatic nitrogens is 4. The fourth-order valence-corrected chi connectivity index (χ4v) is 7.05. The van der Waals surface area contributed by atoms with Crippen LogP contribution in [0.25, 0.3) is 20.8 Å². The van der Waals surface area contributed by atoms with Crippen molar-refractivity contribution in [3.05, 3.63) is 23.7 Å². The second-order valence-electron chi connectivity index (χ2n) is 10.9. The Morgan fingerprint density at radius 2 is 1.87 bits per heavy atom. The molecule has 212 valence electrons. The van der Waals surface area contributed by atoms with Crippen LogP contribution in [0.1, 0.15) is 63.8 Å². The van der Waals surface area contributed by atoms with Gasteiger partial charge in [-0.2, -0.15) is 4.98 Å². The Hall–Kier alpha value is -2.44. The van der Waals surface area contributed by atoms with Crippen LogP contribution < -0.4 is 10.6 Å². The smallest absolute Gasteiger partial charge is 0.224 e. The summed E-state index contributed by atoms with van der Waals surface area (Å²) in [6, 6.07) is 1.44. The van der Waals surface area contributed by atoms with Gasteiger partial charge in [0, 0.05) is 25.3 Å². The molecule has 0 aromatic carbocycles. The number of pyridine rings is 1. The number of hydrogen-bond donors (Lipinski definition) is 5. The summed E-state index contributed by atoms with van der Waals surface area (Å²) >= 11 is 1.54. The first-order chi connectivity index (χ1) is 18.7. The molecule has 0 bridgehead atoms. The average molecular weight is 557 g/mol. The maximum Gasteiger partial charge on any atom is 0.224 e. The Bertz CT molecular complexity index is 1290. The fraction of sp³-hybridized carbons (Fsp3) is 0.643. The van der Waals surface area contributed by atoms with Crippen LogP contribution in [0.3, 0.4) is 0 Å². The monoisotopic (exact) mass is 556 g/mol. The molecule has 1 saturated carbocycles. The van der Waals surface area contributed by atoms with E-state index in [0.717, 1.165) is 58.0 Å². The number of anilines is 2.